The fraction of sp³-hybridized carbons (Fsp3) is 0.250. The van der Waals surface area contributed by atoms with Crippen LogP contribution in [0.4, 0.5) is 4.39 Å². The SMILES string of the molecule is CC(N)Cc1ccc(OCc2c(F)cccc2Cl)c(Cl)c1. The van der Waals surface area contributed by atoms with E-state index in [0.29, 0.717) is 21.4 Å². The quantitative estimate of drug-likeness (QED) is 0.870. The number of hydrogen-bond acceptors (Lipinski definition) is 2. The molecule has 2 nitrogen and oxygen atoms in total. The molecule has 0 spiro atoms. The molecule has 21 heavy (non-hydrogen) atoms. The van der Waals surface area contributed by atoms with Crippen molar-refractivity contribution in [2.24, 2.45) is 5.73 Å². The van der Waals surface area contributed by atoms with Crippen LogP contribution >= 0.6 is 23.2 Å². The van der Waals surface area contributed by atoms with Gasteiger partial charge in [0.1, 0.15) is 18.2 Å². The molecule has 0 aliphatic rings. The lowest BCUT2D eigenvalue weighted by Crippen LogP contribution is -2.17. The molecule has 1 unspecified atom stereocenters. The summed E-state index contributed by atoms with van der Waals surface area (Å²) in [6.45, 7) is 1.95. The first-order valence-corrected chi connectivity index (χ1v) is 7.32. The van der Waals surface area contributed by atoms with Crippen molar-refractivity contribution in [3.05, 3.63) is 63.4 Å². The van der Waals surface area contributed by atoms with Crippen molar-refractivity contribution < 1.29 is 9.13 Å². The van der Waals surface area contributed by atoms with E-state index in [0.717, 1.165) is 12.0 Å². The van der Waals surface area contributed by atoms with Crippen molar-refractivity contribution in [3.8, 4) is 5.75 Å². The summed E-state index contributed by atoms with van der Waals surface area (Å²) >= 11 is 12.1. The Hall–Kier alpha value is -1.29. The fourth-order valence-electron chi connectivity index (χ4n) is 1.98. The molecular formula is C16H16Cl2FNO. The first-order valence-electron chi connectivity index (χ1n) is 6.57. The first kappa shape index (κ1) is 16.1. The van der Waals surface area contributed by atoms with Gasteiger partial charge < -0.3 is 10.5 Å². The summed E-state index contributed by atoms with van der Waals surface area (Å²) in [7, 11) is 0. The maximum absolute atomic E-state index is 13.6. The highest BCUT2D eigenvalue weighted by Gasteiger charge is 2.10. The van der Waals surface area contributed by atoms with Gasteiger partial charge in [0.15, 0.2) is 0 Å². The minimum absolute atomic E-state index is 0.0257. The number of halogens is 3. The molecule has 0 saturated carbocycles. The van der Waals surface area contributed by atoms with Crippen LogP contribution in [0, 0.1) is 5.82 Å². The minimum atomic E-state index is -0.396. The van der Waals surface area contributed by atoms with Gasteiger partial charge in [-0.2, -0.15) is 0 Å². The van der Waals surface area contributed by atoms with E-state index >= 15 is 0 Å². The zero-order chi connectivity index (χ0) is 15.4. The molecule has 0 saturated heterocycles. The van der Waals surface area contributed by atoms with E-state index in [4.69, 9.17) is 33.7 Å². The molecule has 2 aromatic carbocycles. The van der Waals surface area contributed by atoms with Crippen LogP contribution in [0.3, 0.4) is 0 Å². The van der Waals surface area contributed by atoms with E-state index in [2.05, 4.69) is 0 Å². The smallest absolute Gasteiger partial charge is 0.138 e. The van der Waals surface area contributed by atoms with Crippen LogP contribution in [-0.4, -0.2) is 6.04 Å². The van der Waals surface area contributed by atoms with Crippen molar-refractivity contribution >= 4 is 23.2 Å². The van der Waals surface area contributed by atoms with Crippen LogP contribution in [0.25, 0.3) is 0 Å². The molecule has 112 valence electrons. The van der Waals surface area contributed by atoms with Crippen molar-refractivity contribution in [1.82, 2.24) is 0 Å². The summed E-state index contributed by atoms with van der Waals surface area (Å²) in [5.41, 5.74) is 7.10. The third-order valence-electron chi connectivity index (χ3n) is 2.99. The molecule has 0 bridgehead atoms. The number of benzene rings is 2. The molecule has 0 aromatic heterocycles. The van der Waals surface area contributed by atoms with Gasteiger partial charge in [0.25, 0.3) is 0 Å². The molecule has 0 amide bonds. The molecule has 0 aliphatic carbocycles. The molecular weight excluding hydrogens is 312 g/mol. The maximum Gasteiger partial charge on any atom is 0.138 e. The molecule has 2 aromatic rings. The second-order valence-electron chi connectivity index (χ2n) is 4.94. The average molecular weight is 328 g/mol. The summed E-state index contributed by atoms with van der Waals surface area (Å²) in [6.07, 6.45) is 0.735. The summed E-state index contributed by atoms with van der Waals surface area (Å²) < 4.78 is 19.2. The molecule has 0 fully saturated rings. The lowest BCUT2D eigenvalue weighted by molar-refractivity contribution is 0.300. The molecule has 5 heteroatoms. The van der Waals surface area contributed by atoms with Gasteiger partial charge in [0.2, 0.25) is 0 Å². The summed E-state index contributed by atoms with van der Waals surface area (Å²) in [6, 6.07) is 10.0. The van der Waals surface area contributed by atoms with Gasteiger partial charge in [0.05, 0.1) is 10.0 Å². The van der Waals surface area contributed by atoms with Gasteiger partial charge >= 0.3 is 0 Å². The summed E-state index contributed by atoms with van der Waals surface area (Å²) in [5.74, 6) is 0.0941. The Morgan fingerprint density at radius 2 is 1.95 bits per heavy atom. The van der Waals surface area contributed by atoms with E-state index in [1.165, 1.54) is 6.07 Å². The van der Waals surface area contributed by atoms with Crippen LogP contribution in [0.5, 0.6) is 5.75 Å². The van der Waals surface area contributed by atoms with Gasteiger partial charge in [-0.15, -0.1) is 0 Å². The van der Waals surface area contributed by atoms with Crippen LogP contribution in [0.15, 0.2) is 36.4 Å². The van der Waals surface area contributed by atoms with Crippen molar-refractivity contribution in [2.75, 3.05) is 0 Å². The number of ether oxygens (including phenoxy) is 1. The largest absolute Gasteiger partial charge is 0.487 e. The Morgan fingerprint density at radius 1 is 1.19 bits per heavy atom. The van der Waals surface area contributed by atoms with Gasteiger partial charge in [-0.25, -0.2) is 4.39 Å². The van der Waals surface area contributed by atoms with E-state index in [1.807, 2.05) is 19.1 Å². The Morgan fingerprint density at radius 3 is 2.57 bits per heavy atom. The molecule has 2 N–H and O–H groups in total. The van der Waals surface area contributed by atoms with E-state index in [1.54, 1.807) is 18.2 Å². The van der Waals surface area contributed by atoms with Crippen molar-refractivity contribution in [1.29, 1.82) is 0 Å². The lowest BCUT2D eigenvalue weighted by atomic mass is 10.1. The van der Waals surface area contributed by atoms with Crippen LogP contribution in [0.1, 0.15) is 18.1 Å². The molecule has 0 heterocycles. The standard InChI is InChI=1S/C16H16Cl2FNO/c1-10(20)7-11-5-6-16(14(18)8-11)21-9-12-13(17)3-2-4-15(12)19/h2-6,8,10H,7,9,20H2,1H3. The predicted molar refractivity (Wildman–Crippen MR) is 84.5 cm³/mol. The number of hydrogen-bond donors (Lipinski definition) is 1. The highest BCUT2D eigenvalue weighted by Crippen LogP contribution is 2.28. The first-order chi connectivity index (χ1) is 9.97. The zero-order valence-electron chi connectivity index (χ0n) is 11.6. The Bertz CT molecular complexity index is 611. The monoisotopic (exact) mass is 327 g/mol. The predicted octanol–water partition coefficient (Wildman–Crippen LogP) is 4.60. The van der Waals surface area contributed by atoms with Crippen LogP contribution in [0.2, 0.25) is 10.0 Å². The summed E-state index contributed by atoms with van der Waals surface area (Å²) in [4.78, 5) is 0. The molecule has 2 rings (SSSR count). The third-order valence-corrected chi connectivity index (χ3v) is 3.64. The maximum atomic E-state index is 13.6. The fourth-order valence-corrected chi connectivity index (χ4v) is 2.46. The highest BCUT2D eigenvalue weighted by atomic mass is 35.5. The van der Waals surface area contributed by atoms with E-state index in [-0.39, 0.29) is 12.6 Å². The minimum Gasteiger partial charge on any atom is -0.487 e. The average Bonchev–Trinajstić information content (AvgIpc) is 2.39. The topological polar surface area (TPSA) is 35.2 Å². The Kier molecular flexibility index (Phi) is 5.45. The third kappa shape index (κ3) is 4.34. The number of nitrogens with two attached hydrogens (primary N) is 1. The van der Waals surface area contributed by atoms with Gasteiger partial charge in [-0.3, -0.25) is 0 Å². The van der Waals surface area contributed by atoms with Gasteiger partial charge in [0, 0.05) is 11.6 Å². The zero-order valence-corrected chi connectivity index (χ0v) is 13.1. The van der Waals surface area contributed by atoms with Gasteiger partial charge in [-0.1, -0.05) is 35.3 Å². The summed E-state index contributed by atoms with van der Waals surface area (Å²) in [5, 5.41) is 0.806. The van der Waals surface area contributed by atoms with Crippen LogP contribution in [-0.2, 0) is 13.0 Å². The second-order valence-corrected chi connectivity index (χ2v) is 5.75. The normalized spacial score (nSPS) is 12.2. The Labute approximate surface area is 133 Å². The van der Waals surface area contributed by atoms with Crippen molar-refractivity contribution in [2.45, 2.75) is 26.0 Å². The molecule has 0 aliphatic heterocycles. The number of rotatable bonds is 5. The molecule has 0 radical (unpaired) electrons. The van der Waals surface area contributed by atoms with Crippen molar-refractivity contribution in [3.63, 3.8) is 0 Å². The van der Waals surface area contributed by atoms with E-state index in [9.17, 15) is 4.39 Å². The van der Waals surface area contributed by atoms with Crippen LogP contribution < -0.4 is 10.5 Å². The Balaban J connectivity index is 2.10. The highest BCUT2D eigenvalue weighted by molar-refractivity contribution is 6.32. The second kappa shape index (κ2) is 7.12. The lowest BCUT2D eigenvalue weighted by Gasteiger charge is -2.12. The molecule has 1 atom stereocenters. The van der Waals surface area contributed by atoms with Gasteiger partial charge in [-0.05, 0) is 43.2 Å². The van der Waals surface area contributed by atoms with E-state index < -0.39 is 5.82 Å².